The zero-order chi connectivity index (χ0) is 10.6. The van der Waals surface area contributed by atoms with Crippen molar-refractivity contribution in [2.24, 2.45) is 5.73 Å². The third-order valence-corrected chi connectivity index (χ3v) is 2.10. The number of carbonyl (C=O) groups excluding carboxylic acids is 1. The van der Waals surface area contributed by atoms with Gasteiger partial charge in [0, 0.05) is 5.56 Å². The number of benzene rings is 1. The number of carbonyl (C=O) groups is 1. The highest BCUT2D eigenvalue weighted by molar-refractivity contribution is 5.94. The molecule has 1 amide bonds. The molecule has 0 fully saturated rings. The van der Waals surface area contributed by atoms with Crippen LogP contribution in [-0.2, 0) is 6.42 Å². The predicted octanol–water partition coefficient (Wildman–Crippen LogP) is 2.29. The van der Waals surface area contributed by atoms with Crippen LogP contribution < -0.4 is 5.73 Å². The lowest BCUT2D eigenvalue weighted by atomic mass is 10.0. The Kier molecular flexibility index (Phi) is 3.46. The molecule has 74 valence electrons. The lowest BCUT2D eigenvalue weighted by Gasteiger charge is -2.05. The summed E-state index contributed by atoms with van der Waals surface area (Å²) in [7, 11) is 0. The zero-order valence-corrected chi connectivity index (χ0v) is 8.42. The Bertz CT molecular complexity index is 355. The van der Waals surface area contributed by atoms with Crippen LogP contribution in [0.1, 0.15) is 29.3 Å². The highest BCUT2D eigenvalue weighted by Gasteiger charge is 2.05. The van der Waals surface area contributed by atoms with Crippen LogP contribution in [-0.4, -0.2) is 5.91 Å². The maximum Gasteiger partial charge on any atom is 0.248 e. The summed E-state index contributed by atoms with van der Waals surface area (Å²) in [6, 6.07) is 7.43. The van der Waals surface area contributed by atoms with Crippen LogP contribution in [0.2, 0.25) is 0 Å². The van der Waals surface area contributed by atoms with E-state index in [9.17, 15) is 4.79 Å². The zero-order valence-electron chi connectivity index (χ0n) is 8.42. The van der Waals surface area contributed by atoms with Gasteiger partial charge in [-0.25, -0.2) is 0 Å². The molecule has 0 atom stereocenters. The molecule has 0 saturated heterocycles. The first-order valence-electron chi connectivity index (χ1n) is 4.63. The predicted molar refractivity (Wildman–Crippen MR) is 58.1 cm³/mol. The molecule has 0 spiro atoms. The van der Waals surface area contributed by atoms with E-state index in [1.807, 2.05) is 25.1 Å². The quantitative estimate of drug-likeness (QED) is 0.725. The molecule has 0 aromatic heterocycles. The van der Waals surface area contributed by atoms with Crippen LogP contribution in [0, 0.1) is 0 Å². The molecular formula is C12H15NO. The molecule has 0 bridgehead atoms. The van der Waals surface area contributed by atoms with Crippen LogP contribution in [0.5, 0.6) is 0 Å². The molecule has 0 saturated carbocycles. The van der Waals surface area contributed by atoms with Crippen LogP contribution >= 0.6 is 0 Å². The normalized spacial score (nSPS) is 9.79. The Morgan fingerprint density at radius 1 is 1.43 bits per heavy atom. The van der Waals surface area contributed by atoms with Crippen LogP contribution in [0.25, 0.3) is 0 Å². The molecule has 0 aliphatic carbocycles. The molecule has 0 heterocycles. The third kappa shape index (κ3) is 2.73. The monoisotopic (exact) mass is 189 g/mol. The second-order valence-electron chi connectivity index (χ2n) is 3.48. The van der Waals surface area contributed by atoms with E-state index < -0.39 is 0 Å². The molecule has 1 aromatic carbocycles. The average molecular weight is 189 g/mol. The summed E-state index contributed by atoms with van der Waals surface area (Å²) in [4.78, 5) is 11.1. The number of hydrogen-bond acceptors (Lipinski definition) is 1. The van der Waals surface area contributed by atoms with Crippen molar-refractivity contribution < 1.29 is 4.79 Å². The maximum absolute atomic E-state index is 11.1. The summed E-state index contributed by atoms with van der Waals surface area (Å²) in [6.45, 7) is 5.81. The van der Waals surface area contributed by atoms with Crippen molar-refractivity contribution in [1.82, 2.24) is 0 Å². The van der Waals surface area contributed by atoms with E-state index in [-0.39, 0.29) is 5.91 Å². The van der Waals surface area contributed by atoms with Crippen molar-refractivity contribution in [3.05, 3.63) is 47.5 Å². The van der Waals surface area contributed by atoms with Crippen LogP contribution in [0.4, 0.5) is 0 Å². The van der Waals surface area contributed by atoms with Gasteiger partial charge in [-0.1, -0.05) is 23.8 Å². The van der Waals surface area contributed by atoms with E-state index in [4.69, 9.17) is 5.73 Å². The van der Waals surface area contributed by atoms with E-state index in [1.165, 1.54) is 0 Å². The molecule has 0 aliphatic heterocycles. The number of primary amides is 1. The Hall–Kier alpha value is -1.57. The Morgan fingerprint density at radius 3 is 2.64 bits per heavy atom. The van der Waals surface area contributed by atoms with Gasteiger partial charge in [0.15, 0.2) is 0 Å². The Labute approximate surface area is 84.4 Å². The largest absolute Gasteiger partial charge is 0.366 e. The van der Waals surface area contributed by atoms with Gasteiger partial charge >= 0.3 is 0 Å². The molecule has 0 unspecified atom stereocenters. The number of allylic oxidation sites excluding steroid dienone is 1. The van der Waals surface area contributed by atoms with Gasteiger partial charge < -0.3 is 5.73 Å². The van der Waals surface area contributed by atoms with Crippen molar-refractivity contribution in [3.63, 3.8) is 0 Å². The molecular weight excluding hydrogens is 174 g/mol. The van der Waals surface area contributed by atoms with Gasteiger partial charge in [-0.3, -0.25) is 4.79 Å². The molecule has 1 aromatic rings. The smallest absolute Gasteiger partial charge is 0.248 e. The van der Waals surface area contributed by atoms with Crippen LogP contribution in [0.15, 0.2) is 36.4 Å². The van der Waals surface area contributed by atoms with E-state index in [1.54, 1.807) is 6.07 Å². The lowest BCUT2D eigenvalue weighted by molar-refractivity contribution is 0.0999. The van der Waals surface area contributed by atoms with Gasteiger partial charge in [0.2, 0.25) is 5.91 Å². The van der Waals surface area contributed by atoms with E-state index in [0.29, 0.717) is 5.56 Å². The van der Waals surface area contributed by atoms with E-state index >= 15 is 0 Å². The summed E-state index contributed by atoms with van der Waals surface area (Å²) in [6.07, 6.45) is 1.72. The van der Waals surface area contributed by atoms with Crippen molar-refractivity contribution in [3.8, 4) is 0 Å². The van der Waals surface area contributed by atoms with Gasteiger partial charge in [-0.15, -0.1) is 6.58 Å². The number of hydrogen-bond donors (Lipinski definition) is 1. The fraction of sp³-hybridized carbons (Fsp3) is 0.250. The van der Waals surface area contributed by atoms with Crippen molar-refractivity contribution in [2.45, 2.75) is 19.8 Å². The minimum absolute atomic E-state index is 0.359. The summed E-state index contributed by atoms with van der Waals surface area (Å²) in [5.74, 6) is -0.359. The second-order valence-corrected chi connectivity index (χ2v) is 3.48. The SMILES string of the molecule is C=C(C)CCc1ccccc1C(N)=O. The molecule has 1 rings (SSSR count). The standard InChI is InChI=1S/C12H15NO/c1-9(2)7-8-10-5-3-4-6-11(10)12(13)14/h3-6H,1,7-8H2,2H3,(H2,13,14). The number of rotatable bonds is 4. The minimum atomic E-state index is -0.359. The van der Waals surface area contributed by atoms with Gasteiger partial charge in [-0.05, 0) is 31.4 Å². The van der Waals surface area contributed by atoms with Gasteiger partial charge in [0.1, 0.15) is 0 Å². The van der Waals surface area contributed by atoms with E-state index in [0.717, 1.165) is 24.0 Å². The average Bonchev–Trinajstić information content (AvgIpc) is 2.15. The van der Waals surface area contributed by atoms with E-state index in [2.05, 4.69) is 6.58 Å². The highest BCUT2D eigenvalue weighted by Crippen LogP contribution is 2.12. The number of amides is 1. The molecule has 0 radical (unpaired) electrons. The first kappa shape index (κ1) is 10.5. The molecule has 0 aliphatic rings. The summed E-state index contributed by atoms with van der Waals surface area (Å²) >= 11 is 0. The molecule has 14 heavy (non-hydrogen) atoms. The highest BCUT2D eigenvalue weighted by atomic mass is 16.1. The summed E-state index contributed by atoms with van der Waals surface area (Å²) in [5.41, 5.74) is 8.00. The first-order valence-corrected chi connectivity index (χ1v) is 4.63. The summed E-state index contributed by atoms with van der Waals surface area (Å²) in [5, 5.41) is 0. The topological polar surface area (TPSA) is 43.1 Å². The van der Waals surface area contributed by atoms with Gasteiger partial charge in [0.05, 0.1) is 0 Å². The molecule has 2 heteroatoms. The van der Waals surface area contributed by atoms with Crippen molar-refractivity contribution in [2.75, 3.05) is 0 Å². The third-order valence-electron chi connectivity index (χ3n) is 2.10. The molecule has 2 N–H and O–H groups in total. The maximum atomic E-state index is 11.1. The Morgan fingerprint density at radius 2 is 2.07 bits per heavy atom. The fourth-order valence-corrected chi connectivity index (χ4v) is 1.33. The number of aryl methyl sites for hydroxylation is 1. The fourth-order valence-electron chi connectivity index (χ4n) is 1.33. The lowest BCUT2D eigenvalue weighted by Crippen LogP contribution is -2.13. The van der Waals surface area contributed by atoms with Gasteiger partial charge in [0.25, 0.3) is 0 Å². The minimum Gasteiger partial charge on any atom is -0.366 e. The van der Waals surface area contributed by atoms with Crippen molar-refractivity contribution >= 4 is 5.91 Å². The molecule has 2 nitrogen and oxygen atoms in total. The Balaban J connectivity index is 2.84. The van der Waals surface area contributed by atoms with Crippen molar-refractivity contribution in [1.29, 1.82) is 0 Å². The number of nitrogens with two attached hydrogens (primary N) is 1. The first-order chi connectivity index (χ1) is 6.61. The van der Waals surface area contributed by atoms with Gasteiger partial charge in [-0.2, -0.15) is 0 Å². The van der Waals surface area contributed by atoms with Crippen LogP contribution in [0.3, 0.4) is 0 Å². The summed E-state index contributed by atoms with van der Waals surface area (Å²) < 4.78 is 0. The second kappa shape index (κ2) is 4.61.